The van der Waals surface area contributed by atoms with Crippen LogP contribution in [0.3, 0.4) is 0 Å². The fraction of sp³-hybridized carbons (Fsp3) is 0. The molecule has 0 aliphatic heterocycles. The molecule has 0 atom stereocenters. The predicted molar refractivity (Wildman–Crippen MR) is 219 cm³/mol. The van der Waals surface area contributed by atoms with Gasteiger partial charge in [0.25, 0.3) is 0 Å². The largest absolute Gasteiger partial charge is 0.456 e. The second-order valence-electron chi connectivity index (χ2n) is 13.6. The van der Waals surface area contributed by atoms with Crippen molar-refractivity contribution in [1.29, 1.82) is 0 Å². The normalized spacial score (nSPS) is 11.8. The summed E-state index contributed by atoms with van der Waals surface area (Å²) in [7, 11) is 0. The van der Waals surface area contributed by atoms with Gasteiger partial charge in [-0.15, -0.1) is 0 Å². The summed E-state index contributed by atoms with van der Waals surface area (Å²) < 4.78 is 6.60. The highest BCUT2D eigenvalue weighted by atomic mass is 16.3. The van der Waals surface area contributed by atoms with Crippen LogP contribution in [-0.4, -0.2) is 15.0 Å². The molecule has 9 aromatic carbocycles. The number of aromatic nitrogens is 3. The van der Waals surface area contributed by atoms with E-state index in [9.17, 15) is 0 Å². The molecule has 0 saturated carbocycles. The van der Waals surface area contributed by atoms with Gasteiger partial charge in [0.15, 0.2) is 17.5 Å². The van der Waals surface area contributed by atoms with Crippen LogP contribution in [0.25, 0.3) is 110 Å². The van der Waals surface area contributed by atoms with Crippen LogP contribution in [0.4, 0.5) is 0 Å². The Morgan fingerprint density at radius 1 is 0.302 bits per heavy atom. The molecular formula is C49H29N3O. The minimum atomic E-state index is 0.605. The van der Waals surface area contributed by atoms with E-state index in [1.54, 1.807) is 0 Å². The molecule has 2 heterocycles. The Morgan fingerprint density at radius 3 is 1.81 bits per heavy atom. The molecule has 246 valence electrons. The van der Waals surface area contributed by atoms with Crippen molar-refractivity contribution in [2.24, 2.45) is 0 Å². The van der Waals surface area contributed by atoms with E-state index in [0.717, 1.165) is 54.8 Å². The smallest absolute Gasteiger partial charge is 0.164 e. The zero-order valence-electron chi connectivity index (χ0n) is 28.5. The molecule has 0 spiro atoms. The molecule has 11 rings (SSSR count). The first-order chi connectivity index (χ1) is 26.2. The summed E-state index contributed by atoms with van der Waals surface area (Å²) in [6.07, 6.45) is 0. The third-order valence-electron chi connectivity index (χ3n) is 10.4. The standard InChI is InChI=1S/C49H29N3O/c1-2-12-31(13-3-1)47-50-48(36-24-21-30-11-4-5-14-32(30)25-36)52-49(51-47)41-19-10-20-44-46(41)43-27-33-22-23-35(26-37(33)29-45(43)53-44)42-28-34-15-6-7-16-38(34)39-17-8-9-18-40(39)42/h1-29H. The summed E-state index contributed by atoms with van der Waals surface area (Å²) in [6, 6.07) is 61.7. The first kappa shape index (κ1) is 29.5. The van der Waals surface area contributed by atoms with E-state index in [1.165, 1.54) is 38.1 Å². The molecule has 0 saturated heterocycles. The monoisotopic (exact) mass is 675 g/mol. The second kappa shape index (κ2) is 11.7. The average molecular weight is 676 g/mol. The molecule has 53 heavy (non-hydrogen) atoms. The van der Waals surface area contributed by atoms with Gasteiger partial charge in [-0.1, -0.05) is 140 Å². The highest BCUT2D eigenvalue weighted by Gasteiger charge is 2.19. The van der Waals surface area contributed by atoms with E-state index in [4.69, 9.17) is 19.4 Å². The molecule has 0 N–H and O–H groups in total. The molecule has 4 heteroatoms. The molecule has 4 nitrogen and oxygen atoms in total. The van der Waals surface area contributed by atoms with E-state index < -0.39 is 0 Å². The minimum absolute atomic E-state index is 0.605. The van der Waals surface area contributed by atoms with Gasteiger partial charge < -0.3 is 4.42 Å². The fourth-order valence-corrected chi connectivity index (χ4v) is 7.89. The van der Waals surface area contributed by atoms with E-state index in [0.29, 0.717) is 17.5 Å². The van der Waals surface area contributed by atoms with Crippen molar-refractivity contribution < 1.29 is 4.42 Å². The Balaban J connectivity index is 1.09. The Labute approximate surface area is 304 Å². The van der Waals surface area contributed by atoms with Gasteiger partial charge in [0.05, 0.1) is 0 Å². The van der Waals surface area contributed by atoms with E-state index in [1.807, 2.05) is 42.5 Å². The van der Waals surface area contributed by atoms with Gasteiger partial charge in [-0.25, -0.2) is 15.0 Å². The van der Waals surface area contributed by atoms with Gasteiger partial charge in [0, 0.05) is 27.5 Å². The van der Waals surface area contributed by atoms with Gasteiger partial charge in [0.1, 0.15) is 11.2 Å². The molecule has 2 aromatic heterocycles. The van der Waals surface area contributed by atoms with Crippen molar-refractivity contribution in [3.63, 3.8) is 0 Å². The Kier molecular flexibility index (Phi) is 6.52. The quantitative estimate of drug-likeness (QED) is 0.174. The maximum Gasteiger partial charge on any atom is 0.164 e. The van der Waals surface area contributed by atoms with Gasteiger partial charge >= 0.3 is 0 Å². The van der Waals surface area contributed by atoms with Crippen LogP contribution in [0.1, 0.15) is 0 Å². The Hall–Kier alpha value is -7.17. The Bertz CT molecular complexity index is 3240. The molecule has 0 unspecified atom stereocenters. The second-order valence-corrected chi connectivity index (χ2v) is 13.6. The maximum absolute atomic E-state index is 6.60. The van der Waals surface area contributed by atoms with Crippen LogP contribution >= 0.6 is 0 Å². The molecule has 0 radical (unpaired) electrons. The van der Waals surface area contributed by atoms with E-state index in [2.05, 4.69) is 133 Å². The van der Waals surface area contributed by atoms with Crippen molar-refractivity contribution in [2.45, 2.75) is 0 Å². The van der Waals surface area contributed by atoms with Gasteiger partial charge in [-0.2, -0.15) is 0 Å². The highest BCUT2D eigenvalue weighted by Crippen LogP contribution is 2.40. The van der Waals surface area contributed by atoms with E-state index in [-0.39, 0.29) is 0 Å². The van der Waals surface area contributed by atoms with Crippen molar-refractivity contribution in [3.05, 3.63) is 176 Å². The molecule has 0 fully saturated rings. The number of hydrogen-bond acceptors (Lipinski definition) is 4. The lowest BCUT2D eigenvalue weighted by Crippen LogP contribution is -2.00. The number of fused-ring (bicyclic) bond motifs is 8. The van der Waals surface area contributed by atoms with Crippen LogP contribution in [0, 0.1) is 0 Å². The molecule has 0 amide bonds. The maximum atomic E-state index is 6.60. The van der Waals surface area contributed by atoms with Gasteiger partial charge in [0.2, 0.25) is 0 Å². The summed E-state index contributed by atoms with van der Waals surface area (Å²) in [6.45, 7) is 0. The third kappa shape index (κ3) is 4.88. The summed E-state index contributed by atoms with van der Waals surface area (Å²) >= 11 is 0. The number of hydrogen-bond donors (Lipinski definition) is 0. The zero-order valence-corrected chi connectivity index (χ0v) is 28.5. The first-order valence-corrected chi connectivity index (χ1v) is 17.8. The van der Waals surface area contributed by atoms with Crippen LogP contribution in [0.5, 0.6) is 0 Å². The third-order valence-corrected chi connectivity index (χ3v) is 10.4. The van der Waals surface area contributed by atoms with Crippen LogP contribution in [-0.2, 0) is 0 Å². The zero-order chi connectivity index (χ0) is 34.9. The Morgan fingerprint density at radius 2 is 0.943 bits per heavy atom. The summed E-state index contributed by atoms with van der Waals surface area (Å²) in [4.78, 5) is 15.2. The van der Waals surface area contributed by atoms with Crippen LogP contribution < -0.4 is 0 Å². The fourth-order valence-electron chi connectivity index (χ4n) is 7.89. The van der Waals surface area contributed by atoms with Gasteiger partial charge in [-0.05, 0) is 90.6 Å². The lowest BCUT2D eigenvalue weighted by molar-refractivity contribution is 0.669. The lowest BCUT2D eigenvalue weighted by Gasteiger charge is -2.12. The van der Waals surface area contributed by atoms with Crippen molar-refractivity contribution >= 4 is 65.0 Å². The highest BCUT2D eigenvalue weighted by molar-refractivity contribution is 6.17. The minimum Gasteiger partial charge on any atom is -0.456 e. The average Bonchev–Trinajstić information content (AvgIpc) is 3.60. The predicted octanol–water partition coefficient (Wildman–Crippen LogP) is 13.1. The molecule has 0 aliphatic rings. The lowest BCUT2D eigenvalue weighted by atomic mass is 9.92. The topological polar surface area (TPSA) is 51.8 Å². The first-order valence-electron chi connectivity index (χ1n) is 17.8. The SMILES string of the molecule is c1ccc(-c2nc(-c3ccc4ccccc4c3)nc(-c3cccc4oc5cc6cc(-c7cc8ccccc8c8ccccc78)ccc6cc5c34)n2)cc1. The molecule has 11 aromatic rings. The summed E-state index contributed by atoms with van der Waals surface area (Å²) in [5, 5.41) is 11.6. The van der Waals surface area contributed by atoms with Crippen LogP contribution in [0.15, 0.2) is 180 Å². The van der Waals surface area contributed by atoms with Crippen molar-refractivity contribution in [2.75, 3.05) is 0 Å². The molecule has 0 aliphatic carbocycles. The molecule has 0 bridgehead atoms. The number of rotatable bonds is 4. The number of furan rings is 1. The van der Waals surface area contributed by atoms with Crippen LogP contribution in [0.2, 0.25) is 0 Å². The number of nitrogens with zero attached hydrogens (tertiary/aromatic N) is 3. The van der Waals surface area contributed by atoms with Gasteiger partial charge in [-0.3, -0.25) is 0 Å². The van der Waals surface area contributed by atoms with E-state index >= 15 is 0 Å². The van der Waals surface area contributed by atoms with Crippen molar-refractivity contribution in [3.8, 4) is 45.3 Å². The van der Waals surface area contributed by atoms with Crippen molar-refractivity contribution in [1.82, 2.24) is 15.0 Å². The number of benzene rings is 9. The summed E-state index contributed by atoms with van der Waals surface area (Å²) in [5.41, 5.74) is 6.80. The summed E-state index contributed by atoms with van der Waals surface area (Å²) in [5.74, 6) is 1.86. The molecular weight excluding hydrogens is 647 g/mol.